The van der Waals surface area contributed by atoms with Crippen molar-refractivity contribution in [2.75, 3.05) is 19.6 Å². The van der Waals surface area contributed by atoms with Crippen LogP contribution in [-0.4, -0.2) is 47.3 Å². The van der Waals surface area contributed by atoms with Crippen LogP contribution in [0.5, 0.6) is 0 Å². The number of hydrogen-bond acceptors (Lipinski definition) is 3. The molecule has 0 aromatic carbocycles. The second-order valence-electron chi connectivity index (χ2n) is 5.49. The Morgan fingerprint density at radius 1 is 1.38 bits per heavy atom. The van der Waals surface area contributed by atoms with Crippen molar-refractivity contribution in [3.8, 4) is 0 Å². The molecule has 1 aromatic rings. The molecule has 1 aromatic heterocycles. The Kier molecular flexibility index (Phi) is 5.98. The average Bonchev–Trinajstić information content (AvgIpc) is 2.74. The van der Waals surface area contributed by atoms with Gasteiger partial charge in [0.2, 0.25) is 0 Å². The number of amides is 1. The van der Waals surface area contributed by atoms with Crippen LogP contribution < -0.4 is 5.32 Å². The SMILES string of the molecule is CCc1c(C(=O)N2CCNC(C)C2)[nH]c(C)c1C(C)=O.Cl. The molecule has 1 fully saturated rings. The number of carbonyl (C=O) groups excluding carboxylic acids is 2. The van der Waals surface area contributed by atoms with Gasteiger partial charge in [0.1, 0.15) is 5.69 Å². The Balaban J connectivity index is 0.00000220. The fraction of sp³-hybridized carbons (Fsp3) is 0.600. The monoisotopic (exact) mass is 313 g/mol. The van der Waals surface area contributed by atoms with Crippen molar-refractivity contribution in [3.05, 3.63) is 22.5 Å². The Morgan fingerprint density at radius 3 is 2.57 bits per heavy atom. The molecule has 1 saturated heterocycles. The number of rotatable bonds is 3. The molecular weight excluding hydrogens is 290 g/mol. The number of piperazine rings is 1. The number of aromatic amines is 1. The van der Waals surface area contributed by atoms with E-state index in [1.807, 2.05) is 18.7 Å². The minimum absolute atomic E-state index is 0. The molecule has 2 N–H and O–H groups in total. The average molecular weight is 314 g/mol. The summed E-state index contributed by atoms with van der Waals surface area (Å²) in [7, 11) is 0. The van der Waals surface area contributed by atoms with Gasteiger partial charge in [-0.25, -0.2) is 0 Å². The zero-order chi connectivity index (χ0) is 14.9. The molecule has 0 radical (unpaired) electrons. The second kappa shape index (κ2) is 7.09. The van der Waals surface area contributed by atoms with Gasteiger partial charge in [-0.15, -0.1) is 12.4 Å². The summed E-state index contributed by atoms with van der Waals surface area (Å²) in [5.74, 6) is 0.0223. The van der Waals surface area contributed by atoms with E-state index in [9.17, 15) is 9.59 Å². The van der Waals surface area contributed by atoms with Gasteiger partial charge >= 0.3 is 0 Å². The Labute approximate surface area is 131 Å². The van der Waals surface area contributed by atoms with Crippen LogP contribution in [-0.2, 0) is 6.42 Å². The Hall–Kier alpha value is -1.33. The number of ketones is 1. The van der Waals surface area contributed by atoms with Gasteiger partial charge in [-0.2, -0.15) is 0 Å². The molecule has 1 amide bonds. The number of H-pyrrole nitrogens is 1. The van der Waals surface area contributed by atoms with E-state index < -0.39 is 0 Å². The molecule has 1 aliphatic rings. The predicted octanol–water partition coefficient (Wildman–Crippen LogP) is 1.94. The van der Waals surface area contributed by atoms with Crippen LogP contribution >= 0.6 is 12.4 Å². The van der Waals surface area contributed by atoms with Crippen molar-refractivity contribution in [1.82, 2.24) is 15.2 Å². The first-order valence-corrected chi connectivity index (χ1v) is 7.20. The molecule has 0 bridgehead atoms. The minimum Gasteiger partial charge on any atom is -0.354 e. The topological polar surface area (TPSA) is 65.2 Å². The molecule has 5 nitrogen and oxygen atoms in total. The number of nitrogens with one attached hydrogen (secondary N) is 2. The lowest BCUT2D eigenvalue weighted by atomic mass is 10.0. The first-order valence-electron chi connectivity index (χ1n) is 7.20. The fourth-order valence-corrected chi connectivity index (χ4v) is 2.96. The Bertz CT molecular complexity index is 539. The Morgan fingerprint density at radius 2 is 2.05 bits per heavy atom. The molecule has 1 aliphatic heterocycles. The fourth-order valence-electron chi connectivity index (χ4n) is 2.96. The molecule has 1 unspecified atom stereocenters. The lowest BCUT2D eigenvalue weighted by molar-refractivity contribution is 0.0702. The maximum Gasteiger partial charge on any atom is 0.270 e. The van der Waals surface area contributed by atoms with Crippen LogP contribution in [0.1, 0.15) is 52.9 Å². The van der Waals surface area contributed by atoms with Gasteiger partial charge in [-0.1, -0.05) is 6.92 Å². The molecule has 0 aliphatic carbocycles. The van der Waals surface area contributed by atoms with Gasteiger partial charge in [0, 0.05) is 36.9 Å². The van der Waals surface area contributed by atoms with E-state index in [-0.39, 0.29) is 24.1 Å². The van der Waals surface area contributed by atoms with E-state index in [1.165, 1.54) is 0 Å². The summed E-state index contributed by atoms with van der Waals surface area (Å²) in [4.78, 5) is 29.4. The smallest absolute Gasteiger partial charge is 0.270 e. The third kappa shape index (κ3) is 3.47. The van der Waals surface area contributed by atoms with Gasteiger partial charge in [-0.3, -0.25) is 9.59 Å². The number of carbonyl (C=O) groups is 2. The van der Waals surface area contributed by atoms with Gasteiger partial charge in [0.25, 0.3) is 5.91 Å². The maximum absolute atomic E-state index is 12.7. The van der Waals surface area contributed by atoms with Crippen molar-refractivity contribution >= 4 is 24.1 Å². The van der Waals surface area contributed by atoms with Crippen molar-refractivity contribution < 1.29 is 9.59 Å². The summed E-state index contributed by atoms with van der Waals surface area (Å²) in [5, 5.41) is 3.32. The quantitative estimate of drug-likeness (QED) is 0.838. The molecule has 21 heavy (non-hydrogen) atoms. The lowest BCUT2D eigenvalue weighted by Crippen LogP contribution is -2.51. The standard InChI is InChI=1S/C15H23N3O2.ClH/c1-5-12-13(11(4)19)10(3)17-14(12)15(20)18-7-6-16-9(2)8-18;/h9,16-17H,5-8H2,1-4H3;1H. The molecular formula is C15H24ClN3O2. The summed E-state index contributed by atoms with van der Waals surface area (Å²) >= 11 is 0. The number of halogens is 1. The van der Waals surface area contributed by atoms with E-state index in [0.717, 1.165) is 17.8 Å². The molecule has 0 spiro atoms. The third-order valence-corrected chi connectivity index (χ3v) is 3.87. The highest BCUT2D eigenvalue weighted by atomic mass is 35.5. The normalized spacial score (nSPS) is 18.3. The second-order valence-corrected chi connectivity index (χ2v) is 5.49. The van der Waals surface area contributed by atoms with Crippen molar-refractivity contribution in [2.24, 2.45) is 0 Å². The molecule has 118 valence electrons. The molecule has 0 saturated carbocycles. The number of aryl methyl sites for hydroxylation is 1. The maximum atomic E-state index is 12.7. The van der Waals surface area contributed by atoms with E-state index in [2.05, 4.69) is 17.2 Å². The summed E-state index contributed by atoms with van der Waals surface area (Å²) in [6, 6.07) is 0.307. The van der Waals surface area contributed by atoms with Gasteiger partial charge < -0.3 is 15.2 Å². The predicted molar refractivity (Wildman–Crippen MR) is 85.5 cm³/mol. The van der Waals surface area contributed by atoms with Crippen LogP contribution in [0.3, 0.4) is 0 Å². The van der Waals surface area contributed by atoms with Crippen molar-refractivity contribution in [2.45, 2.75) is 40.2 Å². The van der Waals surface area contributed by atoms with Crippen LogP contribution in [0.2, 0.25) is 0 Å². The molecule has 2 rings (SSSR count). The minimum atomic E-state index is 0. The van der Waals surface area contributed by atoms with E-state index in [1.54, 1.807) is 6.92 Å². The van der Waals surface area contributed by atoms with Crippen LogP contribution in [0.25, 0.3) is 0 Å². The number of Topliss-reactive ketones (excluding diaryl/α,β-unsaturated/α-hetero) is 1. The van der Waals surface area contributed by atoms with Crippen LogP contribution in [0.4, 0.5) is 0 Å². The first kappa shape index (κ1) is 17.7. The highest BCUT2D eigenvalue weighted by Gasteiger charge is 2.27. The number of hydrogen-bond donors (Lipinski definition) is 2. The van der Waals surface area contributed by atoms with Crippen molar-refractivity contribution in [1.29, 1.82) is 0 Å². The third-order valence-electron chi connectivity index (χ3n) is 3.87. The summed E-state index contributed by atoms with van der Waals surface area (Å²) in [5.41, 5.74) is 2.91. The van der Waals surface area contributed by atoms with Gasteiger partial charge in [0.15, 0.2) is 5.78 Å². The summed E-state index contributed by atoms with van der Waals surface area (Å²) in [6.45, 7) is 9.68. The first-order chi connectivity index (χ1) is 9.45. The zero-order valence-electron chi connectivity index (χ0n) is 13.1. The van der Waals surface area contributed by atoms with Gasteiger partial charge in [-0.05, 0) is 32.8 Å². The zero-order valence-corrected chi connectivity index (χ0v) is 13.9. The van der Waals surface area contributed by atoms with Crippen LogP contribution in [0.15, 0.2) is 0 Å². The van der Waals surface area contributed by atoms with E-state index in [0.29, 0.717) is 36.8 Å². The number of aromatic nitrogens is 1. The summed E-state index contributed by atoms with van der Waals surface area (Å²) in [6.07, 6.45) is 0.683. The van der Waals surface area contributed by atoms with Crippen LogP contribution in [0, 0.1) is 6.92 Å². The highest BCUT2D eigenvalue weighted by molar-refractivity contribution is 6.02. The highest BCUT2D eigenvalue weighted by Crippen LogP contribution is 2.22. The van der Waals surface area contributed by atoms with Crippen molar-refractivity contribution in [3.63, 3.8) is 0 Å². The molecule has 6 heteroatoms. The molecule has 2 heterocycles. The number of nitrogens with zero attached hydrogens (tertiary/aromatic N) is 1. The van der Waals surface area contributed by atoms with Gasteiger partial charge in [0.05, 0.1) is 0 Å². The van der Waals surface area contributed by atoms with E-state index >= 15 is 0 Å². The largest absolute Gasteiger partial charge is 0.354 e. The molecule has 1 atom stereocenters. The van der Waals surface area contributed by atoms with E-state index in [4.69, 9.17) is 0 Å². The summed E-state index contributed by atoms with van der Waals surface area (Å²) < 4.78 is 0. The lowest BCUT2D eigenvalue weighted by Gasteiger charge is -2.31.